The van der Waals surface area contributed by atoms with Gasteiger partial charge in [0, 0.05) is 24.4 Å². The number of aromatic hydroxyl groups is 1. The van der Waals surface area contributed by atoms with Gasteiger partial charge in [-0.2, -0.15) is 0 Å². The van der Waals surface area contributed by atoms with Gasteiger partial charge in [0.2, 0.25) is 5.88 Å². The lowest BCUT2D eigenvalue weighted by Gasteiger charge is -2.30. The van der Waals surface area contributed by atoms with Crippen LogP contribution in [-0.4, -0.2) is 65.0 Å². The first kappa shape index (κ1) is 28.2. The Morgan fingerprint density at radius 3 is 2.44 bits per heavy atom. The predicted molar refractivity (Wildman–Crippen MR) is 159 cm³/mol. The smallest absolute Gasteiger partial charge is 0.203 e. The number of nitrogens with zero attached hydrogens (tertiary/aromatic N) is 4. The summed E-state index contributed by atoms with van der Waals surface area (Å²) >= 11 is 0. The Balaban J connectivity index is 1.36. The average Bonchev–Trinajstić information content (AvgIpc) is 3.30. The number of hydrogen-bond acceptors (Lipinski definition) is 8. The van der Waals surface area contributed by atoms with E-state index in [9.17, 15) is 13.9 Å². The molecule has 43 heavy (non-hydrogen) atoms. The Bertz CT molecular complexity index is 1740. The van der Waals surface area contributed by atoms with E-state index in [-0.39, 0.29) is 23.7 Å². The number of fused-ring (bicyclic) bond motifs is 1. The van der Waals surface area contributed by atoms with E-state index in [1.807, 2.05) is 6.07 Å². The first-order valence-corrected chi connectivity index (χ1v) is 13.9. The van der Waals surface area contributed by atoms with Crippen LogP contribution in [0.5, 0.6) is 23.1 Å². The van der Waals surface area contributed by atoms with Gasteiger partial charge >= 0.3 is 0 Å². The van der Waals surface area contributed by atoms with Crippen molar-refractivity contribution in [2.45, 2.75) is 13.0 Å². The van der Waals surface area contributed by atoms with Crippen molar-refractivity contribution in [1.29, 1.82) is 0 Å². The van der Waals surface area contributed by atoms with Crippen LogP contribution in [0.3, 0.4) is 0 Å². The lowest BCUT2D eigenvalue weighted by Crippen LogP contribution is -2.39. The molecular formula is C32H31F2N5O4. The first-order chi connectivity index (χ1) is 20.9. The van der Waals surface area contributed by atoms with E-state index in [1.54, 1.807) is 55.4 Å². The summed E-state index contributed by atoms with van der Waals surface area (Å²) < 4.78 is 47.9. The molecule has 1 aliphatic rings. The molecule has 222 valence electrons. The number of benzene rings is 2. The van der Waals surface area contributed by atoms with Crippen molar-refractivity contribution in [3.05, 3.63) is 84.2 Å². The van der Waals surface area contributed by atoms with Gasteiger partial charge in [-0.1, -0.05) is 6.07 Å². The zero-order valence-corrected chi connectivity index (χ0v) is 23.8. The fraction of sp³-hybridized carbons (Fsp3) is 0.250. The maximum absolute atomic E-state index is 14.8. The molecule has 1 fully saturated rings. The van der Waals surface area contributed by atoms with Crippen molar-refractivity contribution in [2.75, 3.05) is 45.8 Å². The Morgan fingerprint density at radius 1 is 0.977 bits per heavy atom. The molecule has 2 aromatic carbocycles. The van der Waals surface area contributed by atoms with Crippen LogP contribution < -0.4 is 19.5 Å². The highest BCUT2D eigenvalue weighted by Gasteiger charge is 2.21. The number of rotatable bonds is 11. The normalized spacial score (nSPS) is 13.1. The highest BCUT2D eigenvalue weighted by Crippen LogP contribution is 2.39. The van der Waals surface area contributed by atoms with Crippen LogP contribution in [0.4, 0.5) is 20.3 Å². The molecule has 6 rings (SSSR count). The van der Waals surface area contributed by atoms with Crippen molar-refractivity contribution >= 4 is 22.4 Å². The van der Waals surface area contributed by atoms with Crippen LogP contribution in [0.15, 0.2) is 67.0 Å². The van der Waals surface area contributed by atoms with Crippen molar-refractivity contribution in [3.8, 4) is 34.4 Å². The maximum atomic E-state index is 14.8. The molecule has 0 amide bonds. The van der Waals surface area contributed by atoms with Crippen molar-refractivity contribution in [1.82, 2.24) is 19.4 Å². The second kappa shape index (κ2) is 12.1. The second-order valence-corrected chi connectivity index (χ2v) is 10.2. The summed E-state index contributed by atoms with van der Waals surface area (Å²) in [6.45, 7) is 3.87. The molecule has 9 nitrogen and oxygen atoms in total. The predicted octanol–water partition coefficient (Wildman–Crippen LogP) is 5.98. The monoisotopic (exact) mass is 587 g/mol. The summed E-state index contributed by atoms with van der Waals surface area (Å²) in [5, 5.41) is 14.9. The zero-order valence-electron chi connectivity index (χ0n) is 23.8. The van der Waals surface area contributed by atoms with Gasteiger partial charge in [-0.05, 0) is 62.0 Å². The number of aromatic nitrogens is 3. The number of halogens is 2. The third-order valence-electron chi connectivity index (χ3n) is 7.50. The minimum absolute atomic E-state index is 0.0655. The van der Waals surface area contributed by atoms with Crippen LogP contribution in [0.2, 0.25) is 0 Å². The molecule has 0 radical (unpaired) electrons. The zero-order chi connectivity index (χ0) is 29.9. The van der Waals surface area contributed by atoms with Crippen molar-refractivity contribution in [3.63, 3.8) is 0 Å². The van der Waals surface area contributed by atoms with Gasteiger partial charge in [0.1, 0.15) is 41.3 Å². The molecule has 1 saturated heterocycles. The number of pyridine rings is 2. The van der Waals surface area contributed by atoms with E-state index in [4.69, 9.17) is 14.2 Å². The van der Waals surface area contributed by atoms with Crippen molar-refractivity contribution < 1.29 is 28.1 Å². The third kappa shape index (κ3) is 5.89. The molecule has 0 saturated carbocycles. The molecule has 4 heterocycles. The number of hydrogen-bond donors (Lipinski definition) is 2. The first-order valence-electron chi connectivity index (χ1n) is 13.9. The van der Waals surface area contributed by atoms with E-state index in [2.05, 4.69) is 20.2 Å². The molecule has 2 N–H and O–H groups in total. The lowest BCUT2D eigenvalue weighted by molar-refractivity contribution is 0.147. The summed E-state index contributed by atoms with van der Waals surface area (Å²) in [6.07, 6.45) is 4.46. The summed E-state index contributed by atoms with van der Waals surface area (Å²) in [5.74, 6) is 0.702. The highest BCUT2D eigenvalue weighted by atomic mass is 19.1. The second-order valence-electron chi connectivity index (χ2n) is 10.2. The molecule has 0 atom stereocenters. The number of anilines is 2. The molecule has 11 heteroatoms. The summed E-state index contributed by atoms with van der Waals surface area (Å²) in [5.41, 5.74) is 1.28. The Hall–Kier alpha value is -4.90. The molecule has 5 aromatic rings. The highest BCUT2D eigenvalue weighted by molar-refractivity contribution is 5.99. The largest absolute Gasteiger partial charge is 0.497 e. The topological polar surface area (TPSA) is 93.9 Å². The summed E-state index contributed by atoms with van der Waals surface area (Å²) in [6, 6.07) is 14.1. The van der Waals surface area contributed by atoms with E-state index < -0.39 is 11.6 Å². The Labute approximate surface area is 247 Å². The van der Waals surface area contributed by atoms with E-state index in [1.165, 1.54) is 30.7 Å². The molecule has 0 aliphatic carbocycles. The van der Waals surface area contributed by atoms with Gasteiger partial charge in [-0.15, -0.1) is 0 Å². The summed E-state index contributed by atoms with van der Waals surface area (Å²) in [7, 11) is 3.12. The van der Waals surface area contributed by atoms with Crippen LogP contribution in [0.1, 0.15) is 12.0 Å². The SMILES string of the molecule is COc1ccc(Cn2cc3nc(-c4c(F)cccc4F)cc(Nc4ccc(OCCN5CCC5)cn4)c3c2O)c(OC)c1. The lowest BCUT2D eigenvalue weighted by atomic mass is 10.1. The minimum atomic E-state index is -0.748. The van der Waals surface area contributed by atoms with E-state index >= 15 is 0 Å². The quantitative estimate of drug-likeness (QED) is 0.195. The number of methoxy groups -OCH3 is 2. The molecule has 0 spiro atoms. The minimum Gasteiger partial charge on any atom is -0.497 e. The van der Waals surface area contributed by atoms with E-state index in [0.717, 1.165) is 25.2 Å². The van der Waals surface area contributed by atoms with Crippen molar-refractivity contribution in [2.24, 2.45) is 0 Å². The number of ether oxygens (including phenoxy) is 3. The van der Waals surface area contributed by atoms with Gasteiger partial charge in [0.15, 0.2) is 0 Å². The van der Waals surface area contributed by atoms with E-state index in [0.29, 0.717) is 46.3 Å². The van der Waals surface area contributed by atoms with Crippen LogP contribution in [0, 0.1) is 11.6 Å². The van der Waals surface area contributed by atoms with Gasteiger partial charge in [-0.3, -0.25) is 4.90 Å². The van der Waals surface area contributed by atoms with Gasteiger partial charge in [-0.25, -0.2) is 18.7 Å². The van der Waals surface area contributed by atoms with Crippen LogP contribution in [-0.2, 0) is 6.54 Å². The standard InChI is InChI=1S/C32H31F2N5O4/c1-41-21-8-7-20(28(15-21)42-2)18-39-19-27-31(32(39)40)26(16-25(36-27)30-23(33)5-3-6-24(30)34)37-29-10-9-22(17-35-29)43-14-13-38-11-4-12-38/h3,5-10,15-17,19,40H,4,11-14,18H2,1-2H3,(H,35,37). The number of nitrogens with one attached hydrogen (secondary N) is 1. The fourth-order valence-electron chi connectivity index (χ4n) is 5.08. The number of likely N-dealkylation sites (tertiary alicyclic amines) is 1. The Morgan fingerprint density at radius 2 is 1.77 bits per heavy atom. The van der Waals surface area contributed by atoms with Gasteiger partial charge in [0.05, 0.1) is 54.8 Å². The molecule has 0 bridgehead atoms. The van der Waals surface area contributed by atoms with Crippen LogP contribution in [0.25, 0.3) is 22.2 Å². The van der Waals surface area contributed by atoms with Crippen LogP contribution >= 0.6 is 0 Å². The molecule has 3 aromatic heterocycles. The maximum Gasteiger partial charge on any atom is 0.203 e. The molecule has 1 aliphatic heterocycles. The fourth-order valence-corrected chi connectivity index (χ4v) is 5.08. The molecule has 0 unspecified atom stereocenters. The van der Waals surface area contributed by atoms with Gasteiger partial charge < -0.3 is 29.2 Å². The molecular weight excluding hydrogens is 556 g/mol. The Kier molecular flexibility index (Phi) is 7.97. The summed E-state index contributed by atoms with van der Waals surface area (Å²) in [4.78, 5) is 11.3. The third-order valence-corrected chi connectivity index (χ3v) is 7.50. The average molecular weight is 588 g/mol. The van der Waals surface area contributed by atoms with Gasteiger partial charge in [0.25, 0.3) is 0 Å².